The van der Waals surface area contributed by atoms with Gasteiger partial charge in [0.2, 0.25) is 5.91 Å². The number of nitrogens with zero attached hydrogens (tertiary/aromatic N) is 2. The van der Waals surface area contributed by atoms with Gasteiger partial charge in [0.05, 0.1) is 11.0 Å². The molecule has 0 radical (unpaired) electrons. The topological polar surface area (TPSA) is 76.3 Å². The van der Waals surface area contributed by atoms with Crippen molar-refractivity contribution in [2.75, 3.05) is 13.1 Å². The molecule has 0 saturated carbocycles. The Bertz CT molecular complexity index is 977. The fraction of sp³-hybridized carbons (Fsp3) is 0.261. The molecule has 3 heterocycles. The molecule has 0 aliphatic carbocycles. The Balaban J connectivity index is 1.45. The first kappa shape index (κ1) is 19.3. The van der Waals surface area contributed by atoms with E-state index in [0.717, 1.165) is 5.56 Å². The maximum absolute atomic E-state index is 12.7. The van der Waals surface area contributed by atoms with E-state index < -0.39 is 5.41 Å². The average molecular weight is 406 g/mol. The zero-order valence-electron chi connectivity index (χ0n) is 16.1. The number of pyridine rings is 1. The van der Waals surface area contributed by atoms with Crippen molar-refractivity contribution in [1.82, 2.24) is 9.88 Å². The maximum Gasteiger partial charge on any atom is 0.255 e. The number of amides is 2. The van der Waals surface area contributed by atoms with Gasteiger partial charge in [0.1, 0.15) is 0 Å². The van der Waals surface area contributed by atoms with Crippen LogP contribution in [0.2, 0.25) is 0 Å². The van der Waals surface area contributed by atoms with E-state index in [1.54, 1.807) is 40.8 Å². The molecule has 5 nitrogen and oxygen atoms in total. The van der Waals surface area contributed by atoms with Gasteiger partial charge in [-0.15, -0.1) is 11.3 Å². The molecule has 29 heavy (non-hydrogen) atoms. The van der Waals surface area contributed by atoms with E-state index in [4.69, 9.17) is 5.73 Å². The number of primary amides is 1. The average Bonchev–Trinajstić information content (AvgIpc) is 3.30. The summed E-state index contributed by atoms with van der Waals surface area (Å²) in [4.78, 5) is 32.1. The highest BCUT2D eigenvalue weighted by Gasteiger charge is 2.41. The molecule has 0 atom stereocenters. The summed E-state index contributed by atoms with van der Waals surface area (Å²) in [6.07, 6.45) is 4.96. The molecule has 0 spiro atoms. The lowest BCUT2D eigenvalue weighted by Crippen LogP contribution is -2.49. The van der Waals surface area contributed by atoms with E-state index >= 15 is 0 Å². The summed E-state index contributed by atoms with van der Waals surface area (Å²) >= 11 is 1.71. The second-order valence-corrected chi connectivity index (χ2v) is 8.48. The molecule has 2 amide bonds. The summed E-state index contributed by atoms with van der Waals surface area (Å²) in [6.45, 7) is 1.04. The number of aromatic nitrogens is 1. The van der Waals surface area contributed by atoms with Gasteiger partial charge in [0.25, 0.3) is 5.91 Å². The summed E-state index contributed by atoms with van der Waals surface area (Å²) in [5, 5.41) is 2.06. The van der Waals surface area contributed by atoms with E-state index in [2.05, 4.69) is 40.7 Å². The third kappa shape index (κ3) is 4.07. The van der Waals surface area contributed by atoms with Gasteiger partial charge in [-0.2, -0.15) is 0 Å². The van der Waals surface area contributed by atoms with E-state index in [1.807, 2.05) is 6.07 Å². The molecule has 3 aromatic rings. The van der Waals surface area contributed by atoms with Crippen molar-refractivity contribution in [2.24, 2.45) is 11.1 Å². The number of hydrogen-bond donors (Lipinski definition) is 1. The fourth-order valence-electron chi connectivity index (χ4n) is 3.94. The van der Waals surface area contributed by atoms with Crippen molar-refractivity contribution < 1.29 is 9.59 Å². The van der Waals surface area contributed by atoms with E-state index in [-0.39, 0.29) is 11.8 Å². The van der Waals surface area contributed by atoms with Crippen molar-refractivity contribution >= 4 is 23.2 Å². The van der Waals surface area contributed by atoms with Gasteiger partial charge in [-0.1, -0.05) is 30.3 Å². The van der Waals surface area contributed by atoms with Gasteiger partial charge < -0.3 is 10.6 Å². The van der Waals surface area contributed by atoms with Crippen molar-refractivity contribution in [3.8, 4) is 10.4 Å². The van der Waals surface area contributed by atoms with Crippen molar-refractivity contribution in [2.45, 2.75) is 19.3 Å². The van der Waals surface area contributed by atoms with Gasteiger partial charge in [0, 0.05) is 30.4 Å². The molecule has 6 heteroatoms. The van der Waals surface area contributed by atoms with Crippen LogP contribution in [0.5, 0.6) is 0 Å². The smallest absolute Gasteiger partial charge is 0.255 e. The first-order chi connectivity index (χ1) is 14.1. The molecule has 1 saturated heterocycles. The molecular weight excluding hydrogens is 382 g/mol. The van der Waals surface area contributed by atoms with Gasteiger partial charge in [-0.05, 0) is 54.0 Å². The zero-order chi connectivity index (χ0) is 20.3. The third-order valence-corrected chi connectivity index (χ3v) is 6.66. The van der Waals surface area contributed by atoms with E-state index in [1.165, 1.54) is 10.4 Å². The first-order valence-corrected chi connectivity index (χ1v) is 10.6. The van der Waals surface area contributed by atoms with Crippen LogP contribution < -0.4 is 5.73 Å². The van der Waals surface area contributed by atoms with Gasteiger partial charge >= 0.3 is 0 Å². The lowest BCUT2D eigenvalue weighted by molar-refractivity contribution is -0.130. The van der Waals surface area contributed by atoms with Gasteiger partial charge in [0.15, 0.2) is 0 Å². The number of carbonyl (C=O) groups is 2. The number of likely N-dealkylation sites (tertiary alicyclic amines) is 1. The normalized spacial score (nSPS) is 15.8. The second-order valence-electron chi connectivity index (χ2n) is 7.53. The van der Waals surface area contributed by atoms with E-state index in [0.29, 0.717) is 37.9 Å². The van der Waals surface area contributed by atoms with Crippen molar-refractivity contribution in [3.63, 3.8) is 0 Å². The van der Waals surface area contributed by atoms with Crippen LogP contribution in [-0.2, 0) is 11.2 Å². The van der Waals surface area contributed by atoms with Crippen LogP contribution in [0.15, 0.2) is 66.3 Å². The fourth-order valence-corrected chi connectivity index (χ4v) is 4.67. The molecule has 2 N–H and O–H groups in total. The summed E-state index contributed by atoms with van der Waals surface area (Å²) < 4.78 is 0. The summed E-state index contributed by atoms with van der Waals surface area (Å²) in [7, 11) is 0. The Morgan fingerprint density at radius 1 is 1.07 bits per heavy atom. The van der Waals surface area contributed by atoms with Crippen molar-refractivity contribution in [3.05, 3.63) is 77.4 Å². The molecule has 1 fully saturated rings. The quantitative estimate of drug-likeness (QED) is 0.702. The Labute approximate surface area is 174 Å². The molecule has 1 aromatic carbocycles. The monoisotopic (exact) mass is 405 g/mol. The number of rotatable bonds is 5. The highest BCUT2D eigenvalue weighted by molar-refractivity contribution is 7.13. The Morgan fingerprint density at radius 3 is 2.41 bits per heavy atom. The molecule has 2 aromatic heterocycles. The summed E-state index contributed by atoms with van der Waals surface area (Å²) in [5.41, 5.74) is 8.07. The minimum absolute atomic E-state index is 0.0449. The second kappa shape index (κ2) is 8.17. The lowest BCUT2D eigenvalue weighted by Gasteiger charge is -2.40. The number of benzene rings is 1. The number of thiophene rings is 1. The minimum atomic E-state index is -0.615. The molecule has 148 valence electrons. The molecule has 0 unspecified atom stereocenters. The Hall–Kier alpha value is -2.99. The lowest BCUT2D eigenvalue weighted by atomic mass is 9.73. The summed E-state index contributed by atoms with van der Waals surface area (Å²) in [5.74, 6) is -0.329. The highest BCUT2D eigenvalue weighted by atomic mass is 32.1. The molecular formula is C23H23N3O2S. The number of piperidine rings is 1. The predicted molar refractivity (Wildman–Crippen MR) is 114 cm³/mol. The van der Waals surface area contributed by atoms with Crippen LogP contribution >= 0.6 is 11.3 Å². The van der Waals surface area contributed by atoms with Crippen LogP contribution in [0.25, 0.3) is 10.4 Å². The maximum atomic E-state index is 12.7. The molecule has 4 rings (SSSR count). The standard InChI is InChI=1S/C23H23N3O2S/c24-22(28)23(15-17-5-7-18(8-6-17)20-4-2-14-29-20)9-12-26(13-10-23)21(27)19-3-1-11-25-16-19/h1-8,11,14,16H,9-10,12-13,15H2,(H2,24,28). The number of carbonyl (C=O) groups excluding carboxylic acids is 2. The Kier molecular flexibility index (Phi) is 5.45. The first-order valence-electron chi connectivity index (χ1n) is 9.69. The minimum Gasteiger partial charge on any atom is -0.369 e. The Morgan fingerprint density at radius 2 is 1.83 bits per heavy atom. The van der Waals surface area contributed by atoms with Crippen LogP contribution in [0, 0.1) is 5.41 Å². The van der Waals surface area contributed by atoms with Crippen LogP contribution in [0.4, 0.5) is 0 Å². The van der Waals surface area contributed by atoms with Crippen LogP contribution in [0.1, 0.15) is 28.8 Å². The zero-order valence-corrected chi connectivity index (χ0v) is 16.9. The molecule has 1 aliphatic rings. The van der Waals surface area contributed by atoms with E-state index in [9.17, 15) is 9.59 Å². The largest absolute Gasteiger partial charge is 0.369 e. The highest BCUT2D eigenvalue weighted by Crippen LogP contribution is 2.36. The number of hydrogen-bond acceptors (Lipinski definition) is 4. The van der Waals surface area contributed by atoms with Crippen LogP contribution in [0.3, 0.4) is 0 Å². The number of nitrogens with two attached hydrogens (primary N) is 1. The SMILES string of the molecule is NC(=O)C1(Cc2ccc(-c3cccs3)cc2)CCN(C(=O)c2cccnc2)CC1. The third-order valence-electron chi connectivity index (χ3n) is 5.74. The van der Waals surface area contributed by atoms with Crippen molar-refractivity contribution in [1.29, 1.82) is 0 Å². The predicted octanol–water partition coefficient (Wildman–Crippen LogP) is 3.76. The molecule has 0 bridgehead atoms. The summed E-state index contributed by atoms with van der Waals surface area (Å²) in [6, 6.07) is 16.0. The van der Waals surface area contributed by atoms with Crippen LogP contribution in [-0.4, -0.2) is 34.8 Å². The van der Waals surface area contributed by atoms with Gasteiger partial charge in [-0.3, -0.25) is 14.6 Å². The molecule has 1 aliphatic heterocycles. The van der Waals surface area contributed by atoms with Gasteiger partial charge in [-0.25, -0.2) is 0 Å².